The van der Waals surface area contributed by atoms with Crippen LogP contribution >= 0.6 is 0 Å². The Kier molecular flexibility index (Phi) is 5.77. The predicted octanol–water partition coefficient (Wildman–Crippen LogP) is 1.22. The fraction of sp³-hybridized carbons (Fsp3) is 0.917. The minimum Gasteiger partial charge on any atom is -0.393 e. The summed E-state index contributed by atoms with van der Waals surface area (Å²) < 4.78 is 5.45. The zero-order valence-corrected chi connectivity index (χ0v) is 10.2. The van der Waals surface area contributed by atoms with E-state index in [-0.39, 0.29) is 24.2 Å². The summed E-state index contributed by atoms with van der Waals surface area (Å²) >= 11 is 0. The molecule has 94 valence electrons. The Morgan fingerprint density at radius 3 is 2.88 bits per heavy atom. The van der Waals surface area contributed by atoms with Crippen LogP contribution in [0.1, 0.15) is 46.0 Å². The average Bonchev–Trinajstić information content (AvgIpc) is 2.65. The summed E-state index contributed by atoms with van der Waals surface area (Å²) in [5.74, 6) is 0.0589. The van der Waals surface area contributed by atoms with Gasteiger partial charge < -0.3 is 15.2 Å². The molecule has 2 N–H and O–H groups in total. The molecule has 4 heteroatoms. The van der Waals surface area contributed by atoms with E-state index in [2.05, 4.69) is 5.32 Å². The number of amides is 1. The molecule has 16 heavy (non-hydrogen) atoms. The number of nitrogens with one attached hydrogen (secondary N) is 1. The Bertz CT molecular complexity index is 212. The number of rotatable bonds is 6. The SMILES string of the molecule is CC(O)CC(C)NC(=O)CCC1CCCO1. The molecule has 1 saturated heterocycles. The first-order valence-corrected chi connectivity index (χ1v) is 6.17. The zero-order valence-electron chi connectivity index (χ0n) is 10.2. The van der Waals surface area contributed by atoms with E-state index in [0.29, 0.717) is 12.8 Å². The third kappa shape index (κ3) is 5.47. The van der Waals surface area contributed by atoms with Crippen molar-refractivity contribution in [2.24, 2.45) is 0 Å². The summed E-state index contributed by atoms with van der Waals surface area (Å²) in [6.07, 6.45) is 4.04. The number of aliphatic hydroxyl groups is 1. The molecular formula is C12H23NO3. The Labute approximate surface area is 97.4 Å². The summed E-state index contributed by atoms with van der Waals surface area (Å²) in [5.41, 5.74) is 0. The highest BCUT2D eigenvalue weighted by molar-refractivity contribution is 5.76. The first-order valence-electron chi connectivity index (χ1n) is 6.17. The topological polar surface area (TPSA) is 58.6 Å². The monoisotopic (exact) mass is 229 g/mol. The summed E-state index contributed by atoms with van der Waals surface area (Å²) in [5, 5.41) is 12.0. The molecule has 0 aromatic rings. The molecule has 0 aromatic heterocycles. The van der Waals surface area contributed by atoms with Gasteiger partial charge in [-0.1, -0.05) is 0 Å². The molecule has 0 aliphatic carbocycles. The van der Waals surface area contributed by atoms with Crippen LogP contribution in [0.3, 0.4) is 0 Å². The molecule has 0 spiro atoms. The molecule has 1 heterocycles. The zero-order chi connectivity index (χ0) is 12.0. The van der Waals surface area contributed by atoms with Gasteiger partial charge in [0.25, 0.3) is 0 Å². The van der Waals surface area contributed by atoms with Crippen LogP contribution < -0.4 is 5.32 Å². The molecular weight excluding hydrogens is 206 g/mol. The second-order valence-corrected chi connectivity index (χ2v) is 4.73. The van der Waals surface area contributed by atoms with Gasteiger partial charge >= 0.3 is 0 Å². The highest BCUT2D eigenvalue weighted by Gasteiger charge is 2.17. The molecule has 0 aromatic carbocycles. The van der Waals surface area contributed by atoms with Gasteiger partial charge in [0.2, 0.25) is 5.91 Å². The van der Waals surface area contributed by atoms with Gasteiger partial charge in [-0.15, -0.1) is 0 Å². The molecule has 1 aliphatic heterocycles. The van der Waals surface area contributed by atoms with Crippen molar-refractivity contribution in [3.05, 3.63) is 0 Å². The van der Waals surface area contributed by atoms with E-state index in [9.17, 15) is 4.79 Å². The number of carbonyl (C=O) groups excluding carboxylic acids is 1. The third-order valence-electron chi connectivity index (χ3n) is 2.82. The molecule has 3 unspecified atom stereocenters. The third-order valence-corrected chi connectivity index (χ3v) is 2.82. The minimum atomic E-state index is -0.367. The first-order chi connectivity index (χ1) is 7.58. The fourth-order valence-corrected chi connectivity index (χ4v) is 2.08. The Morgan fingerprint density at radius 2 is 2.31 bits per heavy atom. The smallest absolute Gasteiger partial charge is 0.220 e. The normalized spacial score (nSPS) is 24.1. The lowest BCUT2D eigenvalue weighted by Crippen LogP contribution is -2.34. The van der Waals surface area contributed by atoms with Crippen molar-refractivity contribution in [2.75, 3.05) is 6.61 Å². The van der Waals surface area contributed by atoms with Gasteiger partial charge in [0.05, 0.1) is 12.2 Å². The van der Waals surface area contributed by atoms with E-state index in [1.165, 1.54) is 0 Å². The maximum atomic E-state index is 11.5. The fourth-order valence-electron chi connectivity index (χ4n) is 2.08. The van der Waals surface area contributed by atoms with Crippen LogP contribution in [0.2, 0.25) is 0 Å². The van der Waals surface area contributed by atoms with Crippen molar-refractivity contribution in [2.45, 2.75) is 64.2 Å². The maximum Gasteiger partial charge on any atom is 0.220 e. The molecule has 3 atom stereocenters. The van der Waals surface area contributed by atoms with Crippen LogP contribution in [0, 0.1) is 0 Å². The summed E-state index contributed by atoms with van der Waals surface area (Å²) in [6.45, 7) is 4.48. The van der Waals surface area contributed by atoms with Crippen LogP contribution in [0.25, 0.3) is 0 Å². The summed E-state index contributed by atoms with van der Waals surface area (Å²) in [6, 6.07) is 0.0389. The van der Waals surface area contributed by atoms with Crippen molar-refractivity contribution in [3.8, 4) is 0 Å². The quantitative estimate of drug-likeness (QED) is 0.720. The lowest BCUT2D eigenvalue weighted by molar-refractivity contribution is -0.122. The Balaban J connectivity index is 2.09. The van der Waals surface area contributed by atoms with E-state index in [1.807, 2.05) is 6.92 Å². The molecule has 1 rings (SSSR count). The van der Waals surface area contributed by atoms with E-state index in [1.54, 1.807) is 6.92 Å². The molecule has 1 aliphatic rings. The second kappa shape index (κ2) is 6.86. The van der Waals surface area contributed by atoms with Gasteiger partial charge in [0, 0.05) is 19.1 Å². The van der Waals surface area contributed by atoms with E-state index in [4.69, 9.17) is 9.84 Å². The van der Waals surface area contributed by atoms with Crippen molar-refractivity contribution >= 4 is 5.91 Å². The summed E-state index contributed by atoms with van der Waals surface area (Å²) in [4.78, 5) is 11.5. The number of aliphatic hydroxyl groups excluding tert-OH is 1. The lowest BCUT2D eigenvalue weighted by atomic mass is 10.1. The maximum absolute atomic E-state index is 11.5. The Hall–Kier alpha value is -0.610. The van der Waals surface area contributed by atoms with Gasteiger partial charge in [-0.3, -0.25) is 4.79 Å². The molecule has 4 nitrogen and oxygen atoms in total. The van der Waals surface area contributed by atoms with Crippen LogP contribution in [0.4, 0.5) is 0 Å². The van der Waals surface area contributed by atoms with Crippen LogP contribution in [-0.4, -0.2) is 35.9 Å². The van der Waals surface area contributed by atoms with Gasteiger partial charge in [-0.05, 0) is 39.5 Å². The number of hydrogen-bond acceptors (Lipinski definition) is 3. The van der Waals surface area contributed by atoms with E-state index < -0.39 is 0 Å². The molecule has 0 bridgehead atoms. The second-order valence-electron chi connectivity index (χ2n) is 4.73. The van der Waals surface area contributed by atoms with Gasteiger partial charge in [-0.25, -0.2) is 0 Å². The van der Waals surface area contributed by atoms with E-state index in [0.717, 1.165) is 25.9 Å². The van der Waals surface area contributed by atoms with Gasteiger partial charge in [0.15, 0.2) is 0 Å². The van der Waals surface area contributed by atoms with E-state index >= 15 is 0 Å². The molecule has 1 amide bonds. The first kappa shape index (κ1) is 13.5. The van der Waals surface area contributed by atoms with Gasteiger partial charge in [-0.2, -0.15) is 0 Å². The van der Waals surface area contributed by atoms with Crippen molar-refractivity contribution in [1.29, 1.82) is 0 Å². The standard InChI is InChI=1S/C12H23NO3/c1-9(8-10(2)14)13-12(15)6-5-11-4-3-7-16-11/h9-11,14H,3-8H2,1-2H3,(H,13,15). The highest BCUT2D eigenvalue weighted by Crippen LogP contribution is 2.16. The predicted molar refractivity (Wildman–Crippen MR) is 62.1 cm³/mol. The molecule has 1 fully saturated rings. The van der Waals surface area contributed by atoms with Crippen LogP contribution in [0.15, 0.2) is 0 Å². The average molecular weight is 229 g/mol. The van der Waals surface area contributed by atoms with Crippen molar-refractivity contribution in [1.82, 2.24) is 5.32 Å². The van der Waals surface area contributed by atoms with Crippen molar-refractivity contribution < 1.29 is 14.6 Å². The minimum absolute atomic E-state index is 0.0389. The number of ether oxygens (including phenoxy) is 1. The number of hydrogen-bond donors (Lipinski definition) is 2. The van der Waals surface area contributed by atoms with Crippen LogP contribution in [0.5, 0.6) is 0 Å². The van der Waals surface area contributed by atoms with Gasteiger partial charge in [0.1, 0.15) is 0 Å². The number of carbonyl (C=O) groups is 1. The highest BCUT2D eigenvalue weighted by atomic mass is 16.5. The lowest BCUT2D eigenvalue weighted by Gasteiger charge is -2.16. The summed E-state index contributed by atoms with van der Waals surface area (Å²) in [7, 11) is 0. The largest absolute Gasteiger partial charge is 0.393 e. The van der Waals surface area contributed by atoms with Crippen molar-refractivity contribution in [3.63, 3.8) is 0 Å². The molecule has 0 saturated carbocycles. The Morgan fingerprint density at radius 1 is 1.56 bits per heavy atom. The molecule has 0 radical (unpaired) electrons. The van der Waals surface area contributed by atoms with Crippen LogP contribution in [-0.2, 0) is 9.53 Å².